The van der Waals surface area contributed by atoms with Crippen molar-refractivity contribution < 1.29 is 8.42 Å². The normalized spacial score (nSPS) is 15.9. The highest BCUT2D eigenvalue weighted by Gasteiger charge is 2.29. The van der Waals surface area contributed by atoms with E-state index in [0.717, 1.165) is 17.2 Å². The predicted molar refractivity (Wildman–Crippen MR) is 120 cm³/mol. The molecule has 0 amide bonds. The summed E-state index contributed by atoms with van der Waals surface area (Å²) in [6.07, 6.45) is 3.57. The Balaban J connectivity index is 1.43. The maximum Gasteiger partial charge on any atom is 0.243 e. The SMILES string of the molecule is Cc1nccn1-c1ccc(N2CCN(S(=O)(=O)c3ccc(C(C)(C)C)cc3)CC2)nn1. The van der Waals surface area contributed by atoms with Gasteiger partial charge in [-0.2, -0.15) is 4.31 Å². The lowest BCUT2D eigenvalue weighted by molar-refractivity contribution is 0.383. The Morgan fingerprint density at radius 1 is 0.871 bits per heavy atom. The molecule has 31 heavy (non-hydrogen) atoms. The number of aromatic nitrogens is 4. The zero-order valence-corrected chi connectivity index (χ0v) is 19.2. The minimum Gasteiger partial charge on any atom is -0.352 e. The molecule has 2 aromatic heterocycles. The van der Waals surface area contributed by atoms with Crippen LogP contribution in [0.15, 0.2) is 53.7 Å². The van der Waals surface area contributed by atoms with Gasteiger partial charge in [-0.3, -0.25) is 4.57 Å². The first-order chi connectivity index (χ1) is 14.7. The van der Waals surface area contributed by atoms with Crippen LogP contribution in [0.2, 0.25) is 0 Å². The molecule has 0 N–H and O–H groups in total. The molecule has 1 aliphatic heterocycles. The quantitative estimate of drug-likeness (QED) is 0.620. The fourth-order valence-electron chi connectivity index (χ4n) is 3.67. The summed E-state index contributed by atoms with van der Waals surface area (Å²) in [5.41, 5.74) is 1.10. The molecule has 1 aliphatic rings. The van der Waals surface area contributed by atoms with Crippen molar-refractivity contribution >= 4 is 15.8 Å². The molecule has 3 aromatic rings. The van der Waals surface area contributed by atoms with Crippen LogP contribution >= 0.6 is 0 Å². The molecule has 0 bridgehead atoms. The molecule has 0 radical (unpaired) electrons. The van der Waals surface area contributed by atoms with Gasteiger partial charge in [0.25, 0.3) is 0 Å². The summed E-state index contributed by atoms with van der Waals surface area (Å²) in [7, 11) is -3.51. The highest BCUT2D eigenvalue weighted by atomic mass is 32.2. The third kappa shape index (κ3) is 4.33. The molecular formula is C22H28N6O2S. The van der Waals surface area contributed by atoms with Gasteiger partial charge in [0.2, 0.25) is 10.0 Å². The number of benzene rings is 1. The van der Waals surface area contributed by atoms with Gasteiger partial charge in [0.15, 0.2) is 11.6 Å². The first-order valence-corrected chi connectivity index (χ1v) is 11.8. The Morgan fingerprint density at radius 3 is 2.00 bits per heavy atom. The van der Waals surface area contributed by atoms with Crippen molar-refractivity contribution in [3.05, 3.63) is 60.2 Å². The van der Waals surface area contributed by atoms with E-state index in [2.05, 4.69) is 40.9 Å². The van der Waals surface area contributed by atoms with E-state index >= 15 is 0 Å². The van der Waals surface area contributed by atoms with Crippen LogP contribution in [0.4, 0.5) is 5.82 Å². The number of hydrogen-bond donors (Lipinski definition) is 0. The number of nitrogens with zero attached hydrogens (tertiary/aromatic N) is 6. The van der Waals surface area contributed by atoms with Gasteiger partial charge in [-0.15, -0.1) is 10.2 Å². The van der Waals surface area contributed by atoms with Gasteiger partial charge in [0, 0.05) is 38.6 Å². The molecule has 0 atom stereocenters. The maximum absolute atomic E-state index is 13.1. The summed E-state index contributed by atoms with van der Waals surface area (Å²) >= 11 is 0. The van der Waals surface area contributed by atoms with Gasteiger partial charge >= 0.3 is 0 Å². The number of rotatable bonds is 4. The van der Waals surface area contributed by atoms with Gasteiger partial charge in [0.05, 0.1) is 4.90 Å². The van der Waals surface area contributed by atoms with Crippen LogP contribution in [-0.2, 0) is 15.4 Å². The lowest BCUT2D eigenvalue weighted by Gasteiger charge is -2.34. The second kappa shape index (κ2) is 8.05. The lowest BCUT2D eigenvalue weighted by Crippen LogP contribution is -2.49. The number of sulfonamides is 1. The molecule has 3 heterocycles. The standard InChI is InChI=1S/C22H28N6O2S/c1-17-23-11-12-28(17)21-10-9-20(24-25-21)26-13-15-27(16-14-26)31(29,30)19-7-5-18(6-8-19)22(2,3)4/h5-12H,13-16H2,1-4H3. The number of anilines is 1. The fourth-order valence-corrected chi connectivity index (χ4v) is 5.09. The minimum absolute atomic E-state index is 0.0128. The molecule has 9 heteroatoms. The molecular weight excluding hydrogens is 412 g/mol. The molecule has 4 rings (SSSR count). The van der Waals surface area contributed by atoms with Crippen LogP contribution in [0.3, 0.4) is 0 Å². The first kappa shape index (κ1) is 21.5. The average molecular weight is 441 g/mol. The monoisotopic (exact) mass is 440 g/mol. The van der Waals surface area contributed by atoms with E-state index in [0.29, 0.717) is 36.9 Å². The van der Waals surface area contributed by atoms with Crippen LogP contribution in [0, 0.1) is 6.92 Å². The zero-order valence-electron chi connectivity index (χ0n) is 18.4. The van der Waals surface area contributed by atoms with Crippen molar-refractivity contribution in [2.45, 2.75) is 38.0 Å². The van der Waals surface area contributed by atoms with E-state index in [9.17, 15) is 8.42 Å². The minimum atomic E-state index is -3.51. The maximum atomic E-state index is 13.1. The Labute approximate surface area is 183 Å². The predicted octanol–water partition coefficient (Wildman–Crippen LogP) is 2.78. The highest BCUT2D eigenvalue weighted by Crippen LogP contribution is 2.25. The van der Waals surface area contributed by atoms with E-state index in [1.54, 1.807) is 22.6 Å². The van der Waals surface area contributed by atoms with Crippen molar-refractivity contribution in [1.29, 1.82) is 0 Å². The molecule has 8 nitrogen and oxygen atoms in total. The average Bonchev–Trinajstić information content (AvgIpc) is 3.19. The van der Waals surface area contributed by atoms with Crippen molar-refractivity contribution in [1.82, 2.24) is 24.1 Å². The van der Waals surface area contributed by atoms with Gasteiger partial charge in [-0.05, 0) is 42.2 Å². The van der Waals surface area contributed by atoms with Gasteiger partial charge in [0.1, 0.15) is 5.82 Å². The summed E-state index contributed by atoms with van der Waals surface area (Å²) in [5, 5.41) is 8.64. The second-order valence-corrected chi connectivity index (χ2v) is 10.7. The topological polar surface area (TPSA) is 84.2 Å². The summed E-state index contributed by atoms with van der Waals surface area (Å²) in [6.45, 7) is 10.2. The summed E-state index contributed by atoms with van der Waals surface area (Å²) in [5.74, 6) is 2.29. The van der Waals surface area contributed by atoms with Gasteiger partial charge < -0.3 is 4.90 Å². The van der Waals surface area contributed by atoms with Crippen molar-refractivity contribution in [3.8, 4) is 5.82 Å². The van der Waals surface area contributed by atoms with Crippen LogP contribution in [0.25, 0.3) is 5.82 Å². The van der Waals surface area contributed by atoms with Crippen molar-refractivity contribution in [2.24, 2.45) is 0 Å². The zero-order chi connectivity index (χ0) is 22.2. The Hall–Kier alpha value is -2.78. The van der Waals surface area contributed by atoms with E-state index in [4.69, 9.17) is 0 Å². The second-order valence-electron chi connectivity index (χ2n) is 8.76. The highest BCUT2D eigenvalue weighted by molar-refractivity contribution is 7.89. The van der Waals surface area contributed by atoms with E-state index in [1.165, 1.54) is 0 Å². The number of hydrogen-bond acceptors (Lipinski definition) is 6. The first-order valence-electron chi connectivity index (χ1n) is 10.4. The van der Waals surface area contributed by atoms with Crippen molar-refractivity contribution in [2.75, 3.05) is 31.1 Å². The molecule has 1 saturated heterocycles. The Kier molecular flexibility index (Phi) is 5.57. The molecule has 0 saturated carbocycles. The lowest BCUT2D eigenvalue weighted by atomic mass is 9.87. The van der Waals surface area contributed by atoms with Crippen LogP contribution in [-0.4, -0.2) is 58.7 Å². The molecule has 1 fully saturated rings. The van der Waals surface area contributed by atoms with E-state index < -0.39 is 10.0 Å². The molecule has 164 valence electrons. The van der Waals surface area contributed by atoms with Crippen LogP contribution < -0.4 is 4.90 Å². The number of piperazine rings is 1. The van der Waals surface area contributed by atoms with Gasteiger partial charge in [-0.25, -0.2) is 13.4 Å². The van der Waals surface area contributed by atoms with Crippen LogP contribution in [0.1, 0.15) is 32.2 Å². The third-order valence-corrected chi connectivity index (χ3v) is 7.54. The third-order valence-electron chi connectivity index (χ3n) is 5.63. The smallest absolute Gasteiger partial charge is 0.243 e. The van der Waals surface area contributed by atoms with Crippen molar-refractivity contribution in [3.63, 3.8) is 0 Å². The summed E-state index contributed by atoms with van der Waals surface area (Å²) in [4.78, 5) is 6.60. The summed E-state index contributed by atoms with van der Waals surface area (Å²) < 4.78 is 29.6. The molecule has 0 aliphatic carbocycles. The molecule has 0 spiro atoms. The number of aryl methyl sites for hydroxylation is 1. The van der Waals surface area contributed by atoms with Crippen LogP contribution in [0.5, 0.6) is 0 Å². The van der Waals surface area contributed by atoms with Gasteiger partial charge in [-0.1, -0.05) is 32.9 Å². The fraction of sp³-hybridized carbons (Fsp3) is 0.409. The Bertz CT molecular complexity index is 1140. The number of imidazole rings is 1. The summed E-state index contributed by atoms with van der Waals surface area (Å²) in [6, 6.07) is 11.0. The van der Waals surface area contributed by atoms with E-state index in [-0.39, 0.29) is 5.41 Å². The molecule has 1 aromatic carbocycles. The largest absolute Gasteiger partial charge is 0.352 e. The Morgan fingerprint density at radius 2 is 1.48 bits per heavy atom. The molecule has 0 unspecified atom stereocenters. The van der Waals surface area contributed by atoms with E-state index in [1.807, 2.05) is 42.0 Å².